The fraction of sp³-hybridized carbons (Fsp3) is 0.412. The Labute approximate surface area is 164 Å². The maximum Gasteiger partial charge on any atom is 0.266 e. The number of rotatable bonds is 3. The van der Waals surface area contributed by atoms with E-state index in [-0.39, 0.29) is 17.7 Å². The minimum absolute atomic E-state index is 0.000972. The first kappa shape index (κ1) is 18.0. The van der Waals surface area contributed by atoms with Crippen molar-refractivity contribution in [3.63, 3.8) is 0 Å². The number of phenols is 1. The lowest BCUT2D eigenvalue weighted by molar-refractivity contribution is -0.124. The summed E-state index contributed by atoms with van der Waals surface area (Å²) < 4.78 is 6.52. The molecule has 0 unspecified atom stereocenters. The molecule has 0 bridgehead atoms. The fourth-order valence-corrected chi connectivity index (χ4v) is 5.14. The van der Waals surface area contributed by atoms with Gasteiger partial charge in [-0.05, 0) is 59.2 Å². The molecule has 1 aromatic carbocycles. The second kappa shape index (κ2) is 7.61. The Morgan fingerprint density at radius 3 is 2.75 bits per heavy atom. The van der Waals surface area contributed by atoms with Crippen molar-refractivity contribution in [2.75, 3.05) is 7.11 Å². The van der Waals surface area contributed by atoms with Gasteiger partial charge in [0.05, 0.1) is 15.6 Å². The number of carbonyl (C=O) groups is 1. The van der Waals surface area contributed by atoms with Crippen LogP contribution in [0.5, 0.6) is 11.5 Å². The van der Waals surface area contributed by atoms with Gasteiger partial charge in [-0.1, -0.05) is 43.2 Å². The summed E-state index contributed by atoms with van der Waals surface area (Å²) in [6.07, 6.45) is 7.46. The van der Waals surface area contributed by atoms with E-state index in [1.807, 2.05) is 34.7 Å². The van der Waals surface area contributed by atoms with E-state index in [0.29, 0.717) is 18.5 Å². The van der Waals surface area contributed by atoms with E-state index in [2.05, 4.69) is 0 Å². The number of hydrogen-bond acceptors (Lipinski definition) is 5. The summed E-state index contributed by atoms with van der Waals surface area (Å²) in [6, 6.07) is 3.79. The monoisotopic (exact) mass is 475 g/mol. The van der Waals surface area contributed by atoms with Crippen molar-refractivity contribution in [2.24, 2.45) is 0 Å². The number of thioether (sulfide) groups is 1. The molecule has 7 heteroatoms. The number of nitrogens with zero attached hydrogens (tertiary/aromatic N) is 1. The third kappa shape index (κ3) is 3.57. The Morgan fingerprint density at radius 1 is 1.38 bits per heavy atom. The Kier molecular flexibility index (Phi) is 5.71. The number of ether oxygens (including phenoxy) is 1. The van der Waals surface area contributed by atoms with E-state index in [0.717, 1.165) is 31.2 Å². The highest BCUT2D eigenvalue weighted by molar-refractivity contribution is 14.1. The number of amides is 1. The topological polar surface area (TPSA) is 49.8 Å². The number of carbonyl (C=O) groups excluding carboxylic acids is 1. The van der Waals surface area contributed by atoms with E-state index >= 15 is 0 Å². The van der Waals surface area contributed by atoms with Crippen LogP contribution >= 0.6 is 46.6 Å². The van der Waals surface area contributed by atoms with Gasteiger partial charge in [-0.15, -0.1) is 0 Å². The predicted molar refractivity (Wildman–Crippen MR) is 109 cm³/mol. The van der Waals surface area contributed by atoms with Crippen molar-refractivity contribution in [1.29, 1.82) is 0 Å². The normalized spacial score (nSPS) is 20.9. The highest BCUT2D eigenvalue weighted by atomic mass is 127. The molecule has 3 rings (SSSR count). The molecular formula is C17H18INO3S2. The molecule has 1 aromatic rings. The van der Waals surface area contributed by atoms with Crippen LogP contribution in [0.15, 0.2) is 17.0 Å². The van der Waals surface area contributed by atoms with Crippen molar-refractivity contribution in [1.82, 2.24) is 4.90 Å². The molecule has 0 spiro atoms. The molecule has 1 saturated carbocycles. The number of halogens is 1. The van der Waals surface area contributed by atoms with Gasteiger partial charge < -0.3 is 9.84 Å². The van der Waals surface area contributed by atoms with Gasteiger partial charge in [-0.2, -0.15) is 0 Å². The Hall–Kier alpha value is -0.800. The predicted octanol–water partition coefficient (Wildman–Crippen LogP) is 4.54. The molecule has 1 heterocycles. The van der Waals surface area contributed by atoms with Crippen molar-refractivity contribution in [2.45, 2.75) is 38.1 Å². The highest BCUT2D eigenvalue weighted by Gasteiger charge is 2.37. The molecule has 1 saturated heterocycles. The van der Waals surface area contributed by atoms with E-state index in [9.17, 15) is 9.90 Å². The van der Waals surface area contributed by atoms with Gasteiger partial charge in [0.2, 0.25) is 0 Å². The molecular weight excluding hydrogens is 457 g/mol. The highest BCUT2D eigenvalue weighted by Crippen LogP contribution is 2.39. The van der Waals surface area contributed by atoms with Gasteiger partial charge >= 0.3 is 0 Å². The second-order valence-electron chi connectivity index (χ2n) is 5.90. The van der Waals surface area contributed by atoms with Crippen LogP contribution in [0.1, 0.15) is 37.7 Å². The van der Waals surface area contributed by atoms with Crippen molar-refractivity contribution in [3.8, 4) is 11.5 Å². The zero-order chi connectivity index (χ0) is 17.3. The molecule has 1 N–H and O–H groups in total. The summed E-state index contributed by atoms with van der Waals surface area (Å²) in [5, 5.41) is 9.93. The van der Waals surface area contributed by atoms with Gasteiger partial charge in [0.25, 0.3) is 5.91 Å². The van der Waals surface area contributed by atoms with Gasteiger partial charge in [-0.25, -0.2) is 0 Å². The molecule has 0 atom stereocenters. The molecule has 2 fully saturated rings. The third-order valence-corrected chi connectivity index (χ3v) is 6.48. The van der Waals surface area contributed by atoms with E-state index in [4.69, 9.17) is 17.0 Å². The number of hydrogen-bond donors (Lipinski definition) is 1. The zero-order valence-corrected chi connectivity index (χ0v) is 17.0. The fourth-order valence-electron chi connectivity index (χ4n) is 3.12. The standard InChI is InChI=1S/C17H18INO3S2/c1-22-13-8-10(7-12(18)15(13)20)9-14-16(21)19(17(23)24-14)11-5-3-2-4-6-11/h7-9,11,20H,2-6H2,1H3. The van der Waals surface area contributed by atoms with Crippen molar-refractivity contribution >= 4 is 62.9 Å². The molecule has 1 amide bonds. The largest absolute Gasteiger partial charge is 0.504 e. The summed E-state index contributed by atoms with van der Waals surface area (Å²) in [7, 11) is 1.51. The zero-order valence-electron chi connectivity index (χ0n) is 13.3. The summed E-state index contributed by atoms with van der Waals surface area (Å²) in [5.74, 6) is 0.514. The maximum absolute atomic E-state index is 12.8. The van der Waals surface area contributed by atoms with Crippen LogP contribution in [0.2, 0.25) is 0 Å². The smallest absolute Gasteiger partial charge is 0.266 e. The van der Waals surface area contributed by atoms with Crippen LogP contribution in [0, 0.1) is 3.57 Å². The molecule has 0 aromatic heterocycles. The van der Waals surface area contributed by atoms with Crippen LogP contribution < -0.4 is 4.74 Å². The van der Waals surface area contributed by atoms with Gasteiger partial charge in [0.15, 0.2) is 11.5 Å². The van der Waals surface area contributed by atoms with Crippen LogP contribution in [0.3, 0.4) is 0 Å². The van der Waals surface area contributed by atoms with Crippen LogP contribution in [-0.4, -0.2) is 33.4 Å². The average molecular weight is 475 g/mol. The minimum Gasteiger partial charge on any atom is -0.504 e. The lowest BCUT2D eigenvalue weighted by atomic mass is 9.94. The van der Waals surface area contributed by atoms with E-state index < -0.39 is 0 Å². The van der Waals surface area contributed by atoms with E-state index in [1.54, 1.807) is 11.0 Å². The third-order valence-electron chi connectivity index (χ3n) is 4.33. The SMILES string of the molecule is COc1cc(C=C2SC(=S)N(C3CCCCC3)C2=O)cc(I)c1O. The first-order chi connectivity index (χ1) is 11.5. The quantitative estimate of drug-likeness (QED) is 0.395. The van der Waals surface area contributed by atoms with Crippen molar-refractivity contribution < 1.29 is 14.6 Å². The number of thiocarbonyl (C=S) groups is 1. The molecule has 2 aliphatic rings. The minimum atomic E-state index is -0.000972. The maximum atomic E-state index is 12.8. The van der Waals surface area contributed by atoms with E-state index in [1.165, 1.54) is 25.3 Å². The number of benzene rings is 1. The number of aromatic hydroxyl groups is 1. The summed E-state index contributed by atoms with van der Waals surface area (Å²) in [6.45, 7) is 0. The summed E-state index contributed by atoms with van der Waals surface area (Å²) in [5.41, 5.74) is 0.818. The Balaban J connectivity index is 1.87. The first-order valence-corrected chi connectivity index (χ1v) is 10.1. The van der Waals surface area contributed by atoms with Gasteiger partial charge in [-0.3, -0.25) is 9.69 Å². The molecule has 1 aliphatic carbocycles. The van der Waals surface area contributed by atoms with Crippen LogP contribution in [0.25, 0.3) is 6.08 Å². The molecule has 128 valence electrons. The summed E-state index contributed by atoms with van der Waals surface area (Å²) >= 11 is 8.85. The molecule has 4 nitrogen and oxygen atoms in total. The lowest BCUT2D eigenvalue weighted by Crippen LogP contribution is -2.39. The summed E-state index contributed by atoms with van der Waals surface area (Å²) in [4.78, 5) is 15.2. The molecule has 24 heavy (non-hydrogen) atoms. The van der Waals surface area contributed by atoms with Gasteiger partial charge in [0.1, 0.15) is 4.32 Å². The first-order valence-electron chi connectivity index (χ1n) is 7.85. The molecule has 1 aliphatic heterocycles. The lowest BCUT2D eigenvalue weighted by Gasteiger charge is -2.29. The van der Waals surface area contributed by atoms with Crippen LogP contribution in [0.4, 0.5) is 0 Å². The van der Waals surface area contributed by atoms with Crippen LogP contribution in [-0.2, 0) is 4.79 Å². The number of phenolic OH excluding ortho intramolecular Hbond substituents is 1. The second-order valence-corrected chi connectivity index (χ2v) is 8.74. The Bertz CT molecular complexity index is 714. The Morgan fingerprint density at radius 2 is 2.08 bits per heavy atom. The molecule has 0 radical (unpaired) electrons. The van der Waals surface area contributed by atoms with Crippen molar-refractivity contribution in [3.05, 3.63) is 26.2 Å². The average Bonchev–Trinajstić information content (AvgIpc) is 2.85. The number of methoxy groups -OCH3 is 1. The van der Waals surface area contributed by atoms with Gasteiger partial charge in [0, 0.05) is 6.04 Å².